The number of carbonyl (C=O) groups excluding carboxylic acids is 2. The van der Waals surface area contributed by atoms with Crippen LogP contribution in [0.25, 0.3) is 0 Å². The summed E-state index contributed by atoms with van der Waals surface area (Å²) in [6, 6.07) is 0. The van der Waals surface area contributed by atoms with E-state index in [4.69, 9.17) is 18.5 Å². The summed E-state index contributed by atoms with van der Waals surface area (Å²) in [7, 11) is -5.13. The van der Waals surface area contributed by atoms with Crippen LogP contribution in [0.1, 0.15) is 206 Å². The van der Waals surface area contributed by atoms with Gasteiger partial charge in [-0.15, -0.1) is 0 Å². The molecule has 65 heavy (non-hydrogen) atoms. The minimum absolute atomic E-state index is 0.0879. The summed E-state index contributed by atoms with van der Waals surface area (Å²) in [6.07, 6.45) is 35.8. The summed E-state index contributed by atoms with van der Waals surface area (Å²) in [5.74, 6) is -1.12. The second-order valence-corrected chi connectivity index (χ2v) is 19.1. The zero-order chi connectivity index (χ0) is 47.8. The highest BCUT2D eigenvalue weighted by Gasteiger charge is 2.51. The quantitative estimate of drug-likeness (QED) is 0.0146. The molecule has 1 saturated carbocycles. The summed E-state index contributed by atoms with van der Waals surface area (Å²) in [6.45, 7) is 3.26. The van der Waals surface area contributed by atoms with Crippen LogP contribution in [-0.2, 0) is 32.7 Å². The van der Waals surface area contributed by atoms with Crippen LogP contribution in [0.4, 0.5) is 0 Å². The molecule has 1 aliphatic carbocycles. The first-order chi connectivity index (χ1) is 31.4. The Morgan fingerprint density at radius 2 is 0.831 bits per heavy atom. The van der Waals surface area contributed by atoms with Gasteiger partial charge in [0.2, 0.25) is 0 Å². The smallest absolute Gasteiger partial charge is 0.462 e. The number of phosphoric acid groups is 1. The van der Waals surface area contributed by atoms with E-state index in [9.17, 15) is 44.6 Å². The Hall–Kier alpha value is -2.19. The van der Waals surface area contributed by atoms with Crippen LogP contribution >= 0.6 is 7.82 Å². The van der Waals surface area contributed by atoms with Crippen LogP contribution in [0, 0.1) is 0 Å². The second-order valence-electron chi connectivity index (χ2n) is 17.7. The number of aliphatic hydroxyl groups is 5. The van der Waals surface area contributed by atoms with Crippen LogP contribution in [0.2, 0.25) is 0 Å². The average Bonchev–Trinajstić information content (AvgIpc) is 3.29. The van der Waals surface area contributed by atoms with E-state index in [1.54, 1.807) is 0 Å². The summed E-state index contributed by atoms with van der Waals surface area (Å²) in [5.41, 5.74) is 0. The monoisotopic (exact) mass is 943 g/mol. The van der Waals surface area contributed by atoms with Crippen molar-refractivity contribution in [3.63, 3.8) is 0 Å². The number of carbonyl (C=O) groups is 2. The molecule has 0 aliphatic heterocycles. The number of unbranched alkanes of at least 4 members (excludes halogenated alkanes) is 22. The van der Waals surface area contributed by atoms with E-state index >= 15 is 0 Å². The summed E-state index contributed by atoms with van der Waals surface area (Å²) in [5, 5.41) is 50.2. The lowest BCUT2D eigenvalue weighted by Gasteiger charge is -2.41. The van der Waals surface area contributed by atoms with Crippen molar-refractivity contribution in [1.82, 2.24) is 0 Å². The molecule has 6 unspecified atom stereocenters. The van der Waals surface area contributed by atoms with E-state index < -0.39 is 75.7 Å². The van der Waals surface area contributed by atoms with Gasteiger partial charge in [0.1, 0.15) is 43.2 Å². The Morgan fingerprint density at radius 3 is 1.28 bits per heavy atom. The third kappa shape index (κ3) is 33.0. The van der Waals surface area contributed by atoms with Gasteiger partial charge in [-0.25, -0.2) is 4.57 Å². The third-order valence-corrected chi connectivity index (χ3v) is 12.6. The Bertz CT molecular complexity index is 1320. The number of phosphoric ester groups is 1. The molecule has 1 aliphatic rings. The molecular formula is C51H91O13P. The van der Waals surface area contributed by atoms with Crippen molar-refractivity contribution in [3.8, 4) is 0 Å². The molecule has 0 radical (unpaired) electrons. The Morgan fingerprint density at radius 1 is 0.477 bits per heavy atom. The highest BCUT2D eigenvalue weighted by atomic mass is 31.2. The lowest BCUT2D eigenvalue weighted by molar-refractivity contribution is -0.220. The molecule has 6 N–H and O–H groups in total. The molecule has 0 aromatic heterocycles. The van der Waals surface area contributed by atoms with Gasteiger partial charge in [0.15, 0.2) is 6.10 Å². The topological polar surface area (TPSA) is 210 Å². The lowest BCUT2D eigenvalue weighted by Crippen LogP contribution is -2.64. The predicted molar refractivity (Wildman–Crippen MR) is 258 cm³/mol. The van der Waals surface area contributed by atoms with Crippen LogP contribution in [-0.4, -0.2) is 98.3 Å². The maximum absolute atomic E-state index is 12.8. The zero-order valence-electron chi connectivity index (χ0n) is 40.3. The maximum atomic E-state index is 12.8. The van der Waals surface area contributed by atoms with E-state index in [0.717, 1.165) is 83.5 Å². The molecule has 0 aromatic carbocycles. The molecule has 14 heteroatoms. The Balaban J connectivity index is 2.41. The van der Waals surface area contributed by atoms with Crippen molar-refractivity contribution in [2.75, 3.05) is 13.2 Å². The first-order valence-corrected chi connectivity index (χ1v) is 26.9. The number of rotatable bonds is 42. The fourth-order valence-electron chi connectivity index (χ4n) is 7.52. The first kappa shape index (κ1) is 60.8. The fraction of sp³-hybridized carbons (Fsp3) is 0.804. The molecule has 0 amide bonds. The van der Waals surface area contributed by atoms with Crippen LogP contribution in [0.5, 0.6) is 0 Å². The van der Waals surface area contributed by atoms with Crippen molar-refractivity contribution >= 4 is 19.8 Å². The van der Waals surface area contributed by atoms with Gasteiger partial charge in [-0.1, -0.05) is 165 Å². The zero-order valence-corrected chi connectivity index (χ0v) is 41.2. The normalized spacial score (nSPS) is 21.8. The fourth-order valence-corrected chi connectivity index (χ4v) is 8.50. The Labute approximate surface area is 392 Å². The number of ether oxygens (including phenoxy) is 2. The molecule has 0 bridgehead atoms. The summed E-state index contributed by atoms with van der Waals surface area (Å²) < 4.78 is 33.6. The number of esters is 2. The van der Waals surface area contributed by atoms with Crippen molar-refractivity contribution < 1.29 is 63.1 Å². The molecule has 0 aromatic rings. The van der Waals surface area contributed by atoms with E-state index in [-0.39, 0.29) is 12.8 Å². The van der Waals surface area contributed by atoms with Gasteiger partial charge in [-0.3, -0.25) is 18.6 Å². The first-order valence-electron chi connectivity index (χ1n) is 25.4. The molecule has 0 spiro atoms. The number of aliphatic hydroxyl groups excluding tert-OH is 5. The van der Waals surface area contributed by atoms with Gasteiger partial charge in [-0.05, 0) is 77.0 Å². The minimum atomic E-state index is -5.13. The molecule has 0 heterocycles. The number of hydrogen-bond acceptors (Lipinski definition) is 12. The van der Waals surface area contributed by atoms with E-state index in [0.29, 0.717) is 12.8 Å². The number of hydrogen-bond donors (Lipinski definition) is 6. The highest BCUT2D eigenvalue weighted by molar-refractivity contribution is 7.47. The molecular weight excluding hydrogens is 852 g/mol. The van der Waals surface area contributed by atoms with Crippen molar-refractivity contribution in [2.24, 2.45) is 0 Å². The van der Waals surface area contributed by atoms with Crippen molar-refractivity contribution in [1.29, 1.82) is 0 Å². The SMILES string of the molecule is CCCCC/C=C\C/C=C\CCCCCCCC(=O)OCC(COP(=O)(O)OC1C(O)C(O)C(O)C(O)C1O)OC(=O)CCCCCCCCCCC/C=C\C/C=C\CCCCCCC. The van der Waals surface area contributed by atoms with Gasteiger partial charge in [0.05, 0.1) is 6.61 Å². The van der Waals surface area contributed by atoms with E-state index in [1.807, 2.05) is 0 Å². The third-order valence-electron chi connectivity index (χ3n) is 11.6. The van der Waals surface area contributed by atoms with Crippen LogP contribution in [0.15, 0.2) is 48.6 Å². The molecule has 378 valence electrons. The average molecular weight is 943 g/mol. The predicted octanol–water partition coefficient (Wildman–Crippen LogP) is 10.7. The van der Waals surface area contributed by atoms with Crippen molar-refractivity contribution in [3.05, 3.63) is 48.6 Å². The van der Waals surface area contributed by atoms with Gasteiger partial charge >= 0.3 is 19.8 Å². The number of allylic oxidation sites excluding steroid dienone is 8. The standard InChI is InChI=1S/C51H91O13P/c1-3-5-7-9-11-13-15-17-19-20-21-22-23-24-26-28-30-32-34-36-38-40-45(53)63-43(42-62-65(59,60)64-51-49(57)47(55)46(54)48(56)50(51)58)41-61-44(52)39-37-35-33-31-29-27-25-18-16-14-12-10-8-6-4-2/h12,14-15,17-18,20-21,25,43,46-51,54-58H,3-11,13,16,19,22-24,26-42H2,1-2H3,(H,59,60)/b14-12-,17-15-,21-20-,25-18-. The van der Waals surface area contributed by atoms with E-state index in [1.165, 1.54) is 83.5 Å². The molecule has 6 atom stereocenters. The minimum Gasteiger partial charge on any atom is -0.462 e. The van der Waals surface area contributed by atoms with Gasteiger partial charge in [0, 0.05) is 12.8 Å². The van der Waals surface area contributed by atoms with E-state index in [2.05, 4.69) is 62.5 Å². The highest BCUT2D eigenvalue weighted by Crippen LogP contribution is 2.47. The summed E-state index contributed by atoms with van der Waals surface area (Å²) in [4.78, 5) is 35.8. The molecule has 13 nitrogen and oxygen atoms in total. The summed E-state index contributed by atoms with van der Waals surface area (Å²) >= 11 is 0. The van der Waals surface area contributed by atoms with Gasteiger partial charge < -0.3 is 39.9 Å². The molecule has 1 fully saturated rings. The second kappa shape index (κ2) is 40.8. The van der Waals surface area contributed by atoms with Gasteiger partial charge in [-0.2, -0.15) is 0 Å². The molecule has 0 saturated heterocycles. The Kier molecular flexibility index (Phi) is 38.2. The lowest BCUT2D eigenvalue weighted by atomic mass is 9.85. The molecule has 1 rings (SSSR count). The van der Waals surface area contributed by atoms with Gasteiger partial charge in [0.25, 0.3) is 0 Å². The maximum Gasteiger partial charge on any atom is 0.472 e. The van der Waals surface area contributed by atoms with Crippen molar-refractivity contribution in [2.45, 2.75) is 249 Å². The van der Waals surface area contributed by atoms with Crippen LogP contribution in [0.3, 0.4) is 0 Å². The van der Waals surface area contributed by atoms with Crippen LogP contribution < -0.4 is 0 Å². The largest absolute Gasteiger partial charge is 0.472 e.